The lowest BCUT2D eigenvalue weighted by molar-refractivity contribution is 0.0709. The van der Waals surface area contributed by atoms with Crippen LogP contribution < -0.4 is 5.73 Å². The largest absolute Gasteiger partial charge is 0.337 e. The normalized spacial score (nSPS) is 17.6. The molecule has 1 unspecified atom stereocenters. The van der Waals surface area contributed by atoms with Crippen molar-refractivity contribution in [2.45, 2.75) is 18.9 Å². The standard InChI is InChI=1S/C19H20N4OS/c20-14-6-4-10-22(12-14)19(24)16-13-23(15-7-2-1-3-8-15)21-18(16)17-9-5-11-25-17/h1-3,5,7-9,11,13-14H,4,6,10,12,20H2. The number of aromatic nitrogens is 2. The zero-order valence-corrected chi connectivity index (χ0v) is 14.7. The van der Waals surface area contributed by atoms with Crippen LogP contribution >= 0.6 is 11.3 Å². The highest BCUT2D eigenvalue weighted by Gasteiger charge is 2.27. The van der Waals surface area contributed by atoms with Gasteiger partial charge in [0.15, 0.2) is 0 Å². The molecule has 0 bridgehead atoms. The number of carbonyl (C=O) groups is 1. The molecule has 5 nitrogen and oxygen atoms in total. The molecule has 1 fully saturated rings. The van der Waals surface area contributed by atoms with E-state index in [1.165, 1.54) is 0 Å². The van der Waals surface area contributed by atoms with E-state index in [-0.39, 0.29) is 11.9 Å². The molecule has 0 radical (unpaired) electrons. The van der Waals surface area contributed by atoms with Crippen LogP contribution in [-0.2, 0) is 0 Å². The fourth-order valence-corrected chi connectivity index (χ4v) is 3.93. The van der Waals surface area contributed by atoms with Gasteiger partial charge in [0.2, 0.25) is 0 Å². The first kappa shape index (κ1) is 16.1. The molecule has 1 saturated heterocycles. The van der Waals surface area contributed by atoms with Gasteiger partial charge in [0.25, 0.3) is 5.91 Å². The summed E-state index contributed by atoms with van der Waals surface area (Å²) in [7, 11) is 0. The lowest BCUT2D eigenvalue weighted by Crippen LogP contribution is -2.45. The molecule has 25 heavy (non-hydrogen) atoms. The summed E-state index contributed by atoms with van der Waals surface area (Å²) in [5.74, 6) is 0.0146. The molecule has 2 N–H and O–H groups in total. The summed E-state index contributed by atoms with van der Waals surface area (Å²) in [5.41, 5.74) is 8.37. The van der Waals surface area contributed by atoms with Gasteiger partial charge in [0.05, 0.1) is 16.1 Å². The highest BCUT2D eigenvalue weighted by atomic mass is 32.1. The Balaban J connectivity index is 1.75. The van der Waals surface area contributed by atoms with Crippen molar-refractivity contribution >= 4 is 17.2 Å². The maximum Gasteiger partial charge on any atom is 0.257 e. The lowest BCUT2D eigenvalue weighted by Gasteiger charge is -2.30. The monoisotopic (exact) mass is 352 g/mol. The van der Waals surface area contributed by atoms with Crippen LogP contribution in [0.2, 0.25) is 0 Å². The number of likely N-dealkylation sites (tertiary alicyclic amines) is 1. The third-order valence-corrected chi connectivity index (χ3v) is 5.34. The van der Waals surface area contributed by atoms with E-state index in [0.717, 1.165) is 35.6 Å². The van der Waals surface area contributed by atoms with Gasteiger partial charge in [-0.2, -0.15) is 5.10 Å². The van der Waals surface area contributed by atoms with Crippen LogP contribution in [0.5, 0.6) is 0 Å². The fourth-order valence-electron chi connectivity index (χ4n) is 3.20. The fraction of sp³-hybridized carbons (Fsp3) is 0.263. The maximum atomic E-state index is 13.1. The van der Waals surface area contributed by atoms with Crippen molar-refractivity contribution in [3.8, 4) is 16.3 Å². The Bertz CT molecular complexity index is 857. The Morgan fingerprint density at radius 3 is 2.76 bits per heavy atom. The van der Waals surface area contributed by atoms with E-state index in [2.05, 4.69) is 0 Å². The van der Waals surface area contributed by atoms with Gasteiger partial charge < -0.3 is 10.6 Å². The average molecular weight is 352 g/mol. The van der Waals surface area contributed by atoms with Crippen LogP contribution in [0.4, 0.5) is 0 Å². The minimum absolute atomic E-state index is 0.0146. The molecule has 2 aromatic heterocycles. The molecule has 4 rings (SSSR count). The first-order chi connectivity index (χ1) is 12.2. The van der Waals surface area contributed by atoms with Crippen molar-refractivity contribution in [2.24, 2.45) is 5.73 Å². The zero-order valence-electron chi connectivity index (χ0n) is 13.8. The number of thiophene rings is 1. The highest BCUT2D eigenvalue weighted by Crippen LogP contribution is 2.29. The maximum absolute atomic E-state index is 13.1. The SMILES string of the molecule is NC1CCCN(C(=O)c2cn(-c3ccccc3)nc2-c2cccs2)C1. The van der Waals surface area contributed by atoms with Crippen molar-refractivity contribution in [1.82, 2.24) is 14.7 Å². The molecule has 1 amide bonds. The molecule has 1 atom stereocenters. The number of hydrogen-bond acceptors (Lipinski definition) is 4. The van der Waals surface area contributed by atoms with E-state index in [0.29, 0.717) is 12.1 Å². The molecule has 1 aliphatic heterocycles. The molecule has 3 heterocycles. The predicted octanol–water partition coefficient (Wildman–Crippen LogP) is 3.16. The topological polar surface area (TPSA) is 64.2 Å². The quantitative estimate of drug-likeness (QED) is 0.787. The van der Waals surface area contributed by atoms with Crippen molar-refractivity contribution in [1.29, 1.82) is 0 Å². The molecule has 3 aromatic rings. The average Bonchev–Trinajstić information content (AvgIpc) is 3.31. The molecule has 6 heteroatoms. The molecule has 1 aliphatic rings. The summed E-state index contributed by atoms with van der Waals surface area (Å²) in [6.07, 6.45) is 3.77. The Hall–Kier alpha value is -2.44. The third-order valence-electron chi connectivity index (χ3n) is 4.47. The molecular weight excluding hydrogens is 332 g/mol. The van der Waals surface area contributed by atoms with Gasteiger partial charge in [0.1, 0.15) is 5.69 Å². The van der Waals surface area contributed by atoms with E-state index < -0.39 is 0 Å². The van der Waals surface area contributed by atoms with Gasteiger partial charge in [-0.1, -0.05) is 24.3 Å². The van der Waals surface area contributed by atoms with Crippen LogP contribution in [0.3, 0.4) is 0 Å². The number of amides is 1. The zero-order chi connectivity index (χ0) is 17.2. The summed E-state index contributed by atoms with van der Waals surface area (Å²) in [6.45, 7) is 1.37. The molecule has 0 saturated carbocycles. The minimum Gasteiger partial charge on any atom is -0.337 e. The van der Waals surface area contributed by atoms with Crippen molar-refractivity contribution in [3.63, 3.8) is 0 Å². The van der Waals surface area contributed by atoms with Crippen LogP contribution in [0.1, 0.15) is 23.2 Å². The third kappa shape index (κ3) is 3.23. The highest BCUT2D eigenvalue weighted by molar-refractivity contribution is 7.13. The van der Waals surface area contributed by atoms with Crippen LogP contribution in [0.15, 0.2) is 54.0 Å². The van der Waals surface area contributed by atoms with E-state index >= 15 is 0 Å². The summed E-state index contributed by atoms with van der Waals surface area (Å²) in [6, 6.07) is 13.9. The molecule has 1 aromatic carbocycles. The number of hydrogen-bond donors (Lipinski definition) is 1. The van der Waals surface area contributed by atoms with Gasteiger partial charge in [-0.15, -0.1) is 11.3 Å². The second-order valence-electron chi connectivity index (χ2n) is 6.30. The summed E-state index contributed by atoms with van der Waals surface area (Å²) < 4.78 is 1.78. The van der Waals surface area contributed by atoms with Crippen LogP contribution in [0, 0.1) is 0 Å². The van der Waals surface area contributed by atoms with E-state index in [4.69, 9.17) is 10.8 Å². The number of benzene rings is 1. The molecular formula is C19H20N4OS. The molecule has 128 valence electrons. The lowest BCUT2D eigenvalue weighted by atomic mass is 10.1. The van der Waals surface area contributed by atoms with Crippen LogP contribution in [0.25, 0.3) is 16.3 Å². The van der Waals surface area contributed by atoms with Gasteiger partial charge in [-0.05, 0) is 36.4 Å². The number of nitrogens with zero attached hydrogens (tertiary/aromatic N) is 3. The van der Waals surface area contributed by atoms with E-state index in [1.54, 1.807) is 16.0 Å². The van der Waals surface area contributed by atoms with E-state index in [9.17, 15) is 4.79 Å². The predicted molar refractivity (Wildman–Crippen MR) is 100.0 cm³/mol. The second-order valence-corrected chi connectivity index (χ2v) is 7.25. The Kier molecular flexibility index (Phi) is 4.38. The van der Waals surface area contributed by atoms with Gasteiger partial charge in [-0.25, -0.2) is 4.68 Å². The van der Waals surface area contributed by atoms with Crippen molar-refractivity contribution < 1.29 is 4.79 Å². The van der Waals surface area contributed by atoms with Gasteiger partial charge in [-0.3, -0.25) is 4.79 Å². The van der Waals surface area contributed by atoms with Gasteiger partial charge >= 0.3 is 0 Å². The van der Waals surface area contributed by atoms with Gasteiger partial charge in [0, 0.05) is 25.3 Å². The first-order valence-electron chi connectivity index (χ1n) is 8.46. The summed E-state index contributed by atoms with van der Waals surface area (Å²) in [5, 5.41) is 6.71. The Morgan fingerprint density at radius 2 is 2.04 bits per heavy atom. The minimum atomic E-state index is 0.0146. The number of carbonyl (C=O) groups excluding carboxylic acids is 1. The number of para-hydroxylation sites is 1. The number of piperidine rings is 1. The first-order valence-corrected chi connectivity index (χ1v) is 9.34. The van der Waals surface area contributed by atoms with E-state index in [1.807, 2.05) is 58.9 Å². The Labute approximate surface area is 150 Å². The van der Waals surface area contributed by atoms with Crippen molar-refractivity contribution in [3.05, 3.63) is 59.6 Å². The summed E-state index contributed by atoms with van der Waals surface area (Å²) >= 11 is 1.59. The van der Waals surface area contributed by atoms with Crippen LogP contribution in [-0.4, -0.2) is 39.7 Å². The van der Waals surface area contributed by atoms with Crippen molar-refractivity contribution in [2.75, 3.05) is 13.1 Å². The molecule has 0 spiro atoms. The number of nitrogens with two attached hydrogens (primary N) is 1. The summed E-state index contributed by atoms with van der Waals surface area (Å²) in [4.78, 5) is 16.0. The molecule has 0 aliphatic carbocycles. The number of rotatable bonds is 3. The smallest absolute Gasteiger partial charge is 0.257 e. The second kappa shape index (κ2) is 6.82. The Morgan fingerprint density at radius 1 is 1.20 bits per heavy atom.